The topological polar surface area (TPSA) is 15.8 Å². The number of rotatable bonds is 2. The number of aromatic amines is 1. The maximum atomic E-state index is 3.72. The Morgan fingerprint density at radius 3 is 2.73 bits per heavy atom. The average molecular weight is 338 g/mol. The first-order valence-corrected chi connectivity index (χ1v) is 4.04. The Morgan fingerprint density at radius 2 is 2.13 bits per heavy atom. The van der Waals surface area contributed by atoms with Crippen molar-refractivity contribution in [2.75, 3.05) is 0 Å². The number of benzene rings is 1. The predicted molar refractivity (Wildman–Crippen MR) is 55.2 cm³/mol. The summed E-state index contributed by atoms with van der Waals surface area (Å²) < 4.78 is 0. The van der Waals surface area contributed by atoms with Gasteiger partial charge < -0.3 is 4.98 Å². The van der Waals surface area contributed by atoms with Crippen molar-refractivity contribution in [3.63, 3.8) is 0 Å². The molecule has 1 nitrogen and oxygen atoms in total. The number of H-pyrrole nitrogens is 1. The smallest absolute Gasteiger partial charge is 0.466 e. The van der Waals surface area contributed by atoms with Crippen LogP contribution in [0.25, 0.3) is 17.0 Å². The van der Waals surface area contributed by atoms with Crippen molar-refractivity contribution in [1.82, 2.24) is 4.98 Å². The number of nitrogens with one attached hydrogen (secondary N) is 1. The van der Waals surface area contributed by atoms with Crippen molar-refractivity contribution in [2.45, 2.75) is 0 Å². The van der Waals surface area contributed by atoms with Crippen LogP contribution >= 0.6 is 0 Å². The van der Waals surface area contributed by atoms with Gasteiger partial charge in [0.15, 0.2) is 0 Å². The molecule has 1 aromatic heterocycles. The van der Waals surface area contributed by atoms with Crippen molar-refractivity contribution in [2.24, 2.45) is 0 Å². The van der Waals surface area contributed by atoms with Crippen LogP contribution in [0.3, 0.4) is 0 Å². The van der Waals surface area contributed by atoms with Crippen LogP contribution in [-0.2, 0) is 0 Å². The molecular formula is C12H9NRb2. The zero-order valence-electron chi connectivity index (χ0n) is 9.22. The molecule has 0 spiro atoms. The summed E-state index contributed by atoms with van der Waals surface area (Å²) in [7, 11) is 0. The maximum absolute atomic E-state index is 3.72. The molecule has 64 valence electrons. The molecule has 0 radical (unpaired) electrons. The SMILES string of the molecule is C=[C-]c1c(C=C)[nH]c2ccc[c-]c12.[Rb+].[Rb+]. The number of aromatic nitrogens is 1. The van der Waals surface area contributed by atoms with E-state index < -0.39 is 0 Å². The van der Waals surface area contributed by atoms with E-state index in [1.807, 2.05) is 18.2 Å². The number of fused-ring (bicyclic) bond motifs is 1. The minimum atomic E-state index is 0. The van der Waals surface area contributed by atoms with Gasteiger partial charge in [-0.05, 0) is 0 Å². The zero-order chi connectivity index (χ0) is 9.26. The van der Waals surface area contributed by atoms with Crippen LogP contribution in [0.15, 0.2) is 31.4 Å². The second kappa shape index (κ2) is 8.04. The monoisotopic (exact) mass is 337 g/mol. The second-order valence-electron chi connectivity index (χ2n) is 2.75. The Bertz CT molecular complexity index is 471. The molecule has 0 bridgehead atoms. The summed E-state index contributed by atoms with van der Waals surface area (Å²) in [5.41, 5.74) is 2.95. The van der Waals surface area contributed by atoms with Crippen LogP contribution in [0.5, 0.6) is 0 Å². The van der Waals surface area contributed by atoms with Gasteiger partial charge in [0, 0.05) is 0 Å². The van der Waals surface area contributed by atoms with E-state index in [0.717, 1.165) is 22.2 Å². The summed E-state index contributed by atoms with van der Waals surface area (Å²) in [5.74, 6) is 0. The van der Waals surface area contributed by atoms with Gasteiger partial charge in [0.1, 0.15) is 0 Å². The fraction of sp³-hybridized carbons (Fsp3) is 0. The number of hydrogen-bond donors (Lipinski definition) is 1. The summed E-state index contributed by atoms with van der Waals surface area (Å²) in [5, 5.41) is 1.02. The minimum absolute atomic E-state index is 0. The molecule has 0 saturated heterocycles. The van der Waals surface area contributed by atoms with Gasteiger partial charge in [-0.2, -0.15) is 12.6 Å². The Morgan fingerprint density at radius 1 is 1.40 bits per heavy atom. The summed E-state index contributed by atoms with van der Waals surface area (Å²) in [6, 6.07) is 8.97. The molecule has 0 fully saturated rings. The first-order valence-electron chi connectivity index (χ1n) is 4.04. The van der Waals surface area contributed by atoms with Gasteiger partial charge in [-0.15, -0.1) is 36.0 Å². The third-order valence-corrected chi connectivity index (χ3v) is 2.03. The molecule has 0 saturated carbocycles. The van der Waals surface area contributed by atoms with Crippen LogP contribution in [-0.4, -0.2) is 4.98 Å². The quantitative estimate of drug-likeness (QED) is 0.561. The third-order valence-electron chi connectivity index (χ3n) is 2.03. The van der Waals surface area contributed by atoms with E-state index in [1.54, 1.807) is 6.08 Å². The van der Waals surface area contributed by atoms with Crippen molar-refractivity contribution in [3.8, 4) is 0 Å². The van der Waals surface area contributed by atoms with E-state index in [1.165, 1.54) is 0 Å². The molecule has 0 aliphatic rings. The van der Waals surface area contributed by atoms with Gasteiger partial charge in [-0.1, -0.05) is 0 Å². The van der Waals surface area contributed by atoms with E-state index in [4.69, 9.17) is 0 Å². The van der Waals surface area contributed by atoms with Crippen LogP contribution in [0.1, 0.15) is 11.3 Å². The van der Waals surface area contributed by atoms with E-state index >= 15 is 0 Å². The largest absolute Gasteiger partial charge is 1.00 e. The van der Waals surface area contributed by atoms with E-state index in [2.05, 4.69) is 30.3 Å². The summed E-state index contributed by atoms with van der Waals surface area (Å²) in [6.45, 7) is 7.37. The molecule has 0 atom stereocenters. The molecule has 2 rings (SSSR count). The Hall–Kier alpha value is 1.85. The Balaban J connectivity index is 0.000000980. The molecular weight excluding hydrogens is 329 g/mol. The van der Waals surface area contributed by atoms with Crippen molar-refractivity contribution >= 4 is 17.0 Å². The molecule has 1 aromatic carbocycles. The fourth-order valence-electron chi connectivity index (χ4n) is 1.43. The molecule has 0 aliphatic heterocycles. The van der Waals surface area contributed by atoms with E-state index in [0.29, 0.717) is 0 Å². The molecule has 0 aliphatic carbocycles. The normalized spacial score (nSPS) is 8.80. The first-order chi connectivity index (χ1) is 6.36. The molecule has 0 unspecified atom stereocenters. The van der Waals surface area contributed by atoms with Crippen LogP contribution in [0.4, 0.5) is 0 Å². The molecule has 1 N–H and O–H groups in total. The van der Waals surface area contributed by atoms with Gasteiger partial charge in [-0.25, -0.2) is 23.1 Å². The summed E-state index contributed by atoms with van der Waals surface area (Å²) >= 11 is 0. The molecule has 2 aromatic rings. The van der Waals surface area contributed by atoms with Gasteiger partial charge in [0.2, 0.25) is 0 Å². The number of hydrogen-bond acceptors (Lipinski definition) is 0. The first kappa shape index (κ1) is 16.9. The Kier molecular flexibility index (Phi) is 9.03. The molecule has 0 amide bonds. The molecule has 15 heavy (non-hydrogen) atoms. The van der Waals surface area contributed by atoms with Crippen molar-refractivity contribution in [1.29, 1.82) is 0 Å². The van der Waals surface area contributed by atoms with Gasteiger partial charge >= 0.3 is 116 Å². The summed E-state index contributed by atoms with van der Waals surface area (Å²) in [4.78, 5) is 3.21. The van der Waals surface area contributed by atoms with Crippen LogP contribution < -0.4 is 116 Å². The maximum Gasteiger partial charge on any atom is 1.00 e. The predicted octanol–water partition coefficient (Wildman–Crippen LogP) is -3.04. The summed E-state index contributed by atoms with van der Waals surface area (Å²) in [6.07, 6.45) is 4.65. The standard InChI is InChI=1S/C12H9N.2Rb/c1-3-9-10-7-5-6-8-12(10)13-11(9)4-2;;/h4-6,8,13H,1-2H2;;/q-2;2*+1. The molecule has 3 heteroatoms. The fourth-order valence-corrected chi connectivity index (χ4v) is 1.43. The zero-order valence-corrected chi connectivity index (χ0v) is 19.1. The van der Waals surface area contributed by atoms with Crippen molar-refractivity contribution in [3.05, 3.63) is 54.8 Å². The van der Waals surface area contributed by atoms with Gasteiger partial charge in [0.25, 0.3) is 0 Å². The van der Waals surface area contributed by atoms with Crippen LogP contribution in [0.2, 0.25) is 0 Å². The average Bonchev–Trinajstić information content (AvgIpc) is 2.55. The van der Waals surface area contributed by atoms with E-state index in [-0.39, 0.29) is 116 Å². The van der Waals surface area contributed by atoms with Crippen LogP contribution in [0, 0.1) is 12.1 Å². The second-order valence-corrected chi connectivity index (χ2v) is 2.75. The third kappa shape index (κ3) is 3.65. The van der Waals surface area contributed by atoms with Gasteiger partial charge in [0.05, 0.1) is 0 Å². The Labute approximate surface area is 188 Å². The van der Waals surface area contributed by atoms with E-state index in [9.17, 15) is 0 Å². The molecule has 1 heterocycles. The minimum Gasteiger partial charge on any atom is -0.466 e. The van der Waals surface area contributed by atoms with Gasteiger partial charge in [-0.3, -0.25) is 0 Å². The van der Waals surface area contributed by atoms with Crippen molar-refractivity contribution < 1.29 is 116 Å².